The second-order valence-electron chi connectivity index (χ2n) is 7.48. The van der Waals surface area contributed by atoms with Gasteiger partial charge in [-0.1, -0.05) is 17.7 Å². The van der Waals surface area contributed by atoms with Gasteiger partial charge >= 0.3 is 0 Å². The van der Waals surface area contributed by atoms with Crippen molar-refractivity contribution in [3.8, 4) is 5.69 Å². The van der Waals surface area contributed by atoms with Gasteiger partial charge in [0.1, 0.15) is 18.2 Å². The van der Waals surface area contributed by atoms with Crippen LogP contribution >= 0.6 is 0 Å². The number of hydrogen-bond acceptors (Lipinski definition) is 6. The highest BCUT2D eigenvalue weighted by molar-refractivity contribution is 5.88. The number of amides is 1. The number of fused-ring (bicyclic) bond motifs is 1. The number of methoxy groups -OCH3 is 1. The van der Waals surface area contributed by atoms with E-state index in [1.165, 1.54) is 5.56 Å². The fourth-order valence-corrected chi connectivity index (χ4v) is 3.84. The van der Waals surface area contributed by atoms with Crippen molar-refractivity contribution in [1.82, 2.24) is 24.6 Å². The minimum absolute atomic E-state index is 0.0267. The Labute approximate surface area is 170 Å². The third-order valence-electron chi connectivity index (χ3n) is 5.30. The van der Waals surface area contributed by atoms with Gasteiger partial charge in [-0.15, -0.1) is 0 Å². The van der Waals surface area contributed by atoms with Crippen LogP contribution in [0.25, 0.3) is 16.7 Å². The predicted octanol–water partition coefficient (Wildman–Crippen LogP) is 2.04. The fourth-order valence-electron chi connectivity index (χ4n) is 3.84. The van der Waals surface area contributed by atoms with Crippen LogP contribution in [-0.2, 0) is 9.53 Å². The van der Waals surface area contributed by atoms with Gasteiger partial charge in [0.15, 0.2) is 5.65 Å². The van der Waals surface area contributed by atoms with Gasteiger partial charge in [0.05, 0.1) is 17.3 Å². The zero-order valence-corrected chi connectivity index (χ0v) is 17.3. The first kappa shape index (κ1) is 19.3. The number of benzene rings is 1. The maximum absolute atomic E-state index is 12.1. The van der Waals surface area contributed by atoms with Crippen molar-refractivity contribution in [2.24, 2.45) is 0 Å². The molecule has 29 heavy (non-hydrogen) atoms. The zero-order chi connectivity index (χ0) is 20.5. The van der Waals surface area contributed by atoms with Crippen LogP contribution in [0.5, 0.6) is 0 Å². The highest BCUT2D eigenvalue weighted by Gasteiger charge is 2.24. The predicted molar refractivity (Wildman–Crippen MR) is 112 cm³/mol. The Kier molecular flexibility index (Phi) is 5.19. The minimum atomic E-state index is 0.0267. The molecule has 0 radical (unpaired) electrons. The normalized spacial score (nSPS) is 14.6. The first-order valence-corrected chi connectivity index (χ1v) is 9.79. The van der Waals surface area contributed by atoms with Crippen molar-refractivity contribution in [2.45, 2.75) is 20.8 Å². The number of rotatable bonds is 4. The van der Waals surface area contributed by atoms with Gasteiger partial charge in [-0.05, 0) is 32.4 Å². The van der Waals surface area contributed by atoms with E-state index in [9.17, 15) is 4.79 Å². The first-order chi connectivity index (χ1) is 14.0. The molecular weight excluding hydrogens is 368 g/mol. The van der Waals surface area contributed by atoms with Gasteiger partial charge in [0, 0.05) is 33.3 Å². The van der Waals surface area contributed by atoms with Crippen LogP contribution in [0.2, 0.25) is 0 Å². The number of ether oxygens (including phenoxy) is 1. The summed E-state index contributed by atoms with van der Waals surface area (Å²) in [6.45, 7) is 8.93. The molecule has 1 fully saturated rings. The molecule has 1 saturated heterocycles. The Balaban J connectivity index is 1.67. The molecule has 3 aromatic rings. The fraction of sp³-hybridized carbons (Fsp3) is 0.429. The van der Waals surface area contributed by atoms with E-state index in [2.05, 4.69) is 47.0 Å². The second-order valence-corrected chi connectivity index (χ2v) is 7.48. The van der Waals surface area contributed by atoms with E-state index in [4.69, 9.17) is 9.72 Å². The number of carbonyl (C=O) groups is 1. The largest absolute Gasteiger partial charge is 0.375 e. The molecule has 152 valence electrons. The maximum Gasteiger partial charge on any atom is 0.248 e. The van der Waals surface area contributed by atoms with Gasteiger partial charge in [-0.2, -0.15) is 5.10 Å². The van der Waals surface area contributed by atoms with Crippen molar-refractivity contribution < 1.29 is 9.53 Å². The van der Waals surface area contributed by atoms with E-state index in [0.717, 1.165) is 41.2 Å². The molecule has 0 atom stereocenters. The minimum Gasteiger partial charge on any atom is -0.375 e. The number of nitrogens with zero attached hydrogens (tertiary/aromatic N) is 6. The summed E-state index contributed by atoms with van der Waals surface area (Å²) < 4.78 is 6.86. The lowest BCUT2D eigenvalue weighted by Crippen LogP contribution is -2.50. The number of anilines is 1. The highest BCUT2D eigenvalue weighted by Crippen LogP contribution is 2.27. The van der Waals surface area contributed by atoms with Gasteiger partial charge < -0.3 is 14.5 Å². The molecule has 0 saturated carbocycles. The third-order valence-corrected chi connectivity index (χ3v) is 5.30. The smallest absolute Gasteiger partial charge is 0.248 e. The summed E-state index contributed by atoms with van der Waals surface area (Å²) in [7, 11) is 1.54. The van der Waals surface area contributed by atoms with Crippen molar-refractivity contribution >= 4 is 22.8 Å². The summed E-state index contributed by atoms with van der Waals surface area (Å²) >= 11 is 0. The van der Waals surface area contributed by atoms with Crippen LogP contribution in [-0.4, -0.2) is 70.5 Å². The number of hydrogen-bond donors (Lipinski definition) is 0. The van der Waals surface area contributed by atoms with Gasteiger partial charge in [-0.3, -0.25) is 4.79 Å². The Morgan fingerprint density at radius 3 is 2.55 bits per heavy atom. The number of aryl methyl sites for hydroxylation is 3. The molecule has 3 heterocycles. The van der Waals surface area contributed by atoms with Gasteiger partial charge in [0.25, 0.3) is 0 Å². The Morgan fingerprint density at radius 1 is 1.10 bits per heavy atom. The van der Waals surface area contributed by atoms with E-state index < -0.39 is 0 Å². The van der Waals surface area contributed by atoms with Crippen molar-refractivity contribution in [2.75, 3.05) is 44.8 Å². The van der Waals surface area contributed by atoms with Crippen LogP contribution in [0.3, 0.4) is 0 Å². The Hall–Kier alpha value is -3.00. The van der Waals surface area contributed by atoms with Gasteiger partial charge in [-0.25, -0.2) is 14.6 Å². The average Bonchev–Trinajstić information content (AvgIpc) is 3.11. The molecule has 0 N–H and O–H groups in total. The molecule has 8 heteroatoms. The van der Waals surface area contributed by atoms with E-state index in [1.54, 1.807) is 7.11 Å². The number of aromatic nitrogens is 4. The SMILES string of the molecule is COCC(=O)N1CCN(c2nc(C)nc3c2cnn3-c2ccc(C)cc2C)CC1. The molecule has 0 aliphatic carbocycles. The van der Waals surface area contributed by atoms with E-state index in [0.29, 0.717) is 18.9 Å². The molecule has 2 aromatic heterocycles. The lowest BCUT2D eigenvalue weighted by Gasteiger charge is -2.35. The second kappa shape index (κ2) is 7.79. The Bertz CT molecular complexity index is 1050. The zero-order valence-electron chi connectivity index (χ0n) is 17.3. The van der Waals surface area contributed by atoms with Crippen molar-refractivity contribution in [3.05, 3.63) is 41.3 Å². The van der Waals surface area contributed by atoms with Crippen LogP contribution in [0.1, 0.15) is 17.0 Å². The van der Waals surface area contributed by atoms with Crippen LogP contribution in [0.4, 0.5) is 5.82 Å². The summed E-state index contributed by atoms with van der Waals surface area (Å²) in [6.07, 6.45) is 1.84. The average molecular weight is 394 g/mol. The quantitative estimate of drug-likeness (QED) is 0.674. The highest BCUT2D eigenvalue weighted by atomic mass is 16.5. The summed E-state index contributed by atoms with van der Waals surface area (Å²) in [4.78, 5) is 25.5. The first-order valence-electron chi connectivity index (χ1n) is 9.79. The molecule has 0 unspecified atom stereocenters. The third kappa shape index (κ3) is 3.67. The standard InChI is InChI=1S/C21H26N6O2/c1-14-5-6-18(15(2)11-14)27-21-17(12-22-27)20(23-16(3)24-21)26-9-7-25(8-10-26)19(28)13-29-4/h5-6,11-12H,7-10,13H2,1-4H3. The summed E-state index contributed by atoms with van der Waals surface area (Å²) in [5.41, 5.74) is 4.19. The van der Waals surface area contributed by atoms with E-state index in [-0.39, 0.29) is 12.5 Å². The Morgan fingerprint density at radius 2 is 1.86 bits per heavy atom. The van der Waals surface area contributed by atoms with E-state index in [1.807, 2.05) is 22.7 Å². The lowest BCUT2D eigenvalue weighted by molar-refractivity contribution is -0.135. The molecule has 8 nitrogen and oxygen atoms in total. The maximum atomic E-state index is 12.1. The van der Waals surface area contributed by atoms with Crippen LogP contribution in [0, 0.1) is 20.8 Å². The molecule has 4 rings (SSSR count). The molecule has 1 aliphatic heterocycles. The molecule has 1 amide bonds. The van der Waals surface area contributed by atoms with Gasteiger partial charge in [0.2, 0.25) is 5.91 Å². The number of piperazine rings is 1. The van der Waals surface area contributed by atoms with E-state index >= 15 is 0 Å². The van der Waals surface area contributed by atoms with Crippen LogP contribution in [0.15, 0.2) is 24.4 Å². The molecule has 0 bridgehead atoms. The molecule has 1 aliphatic rings. The summed E-state index contributed by atoms with van der Waals surface area (Å²) in [5, 5.41) is 5.55. The molecule has 1 aromatic carbocycles. The molecule has 0 spiro atoms. The summed E-state index contributed by atoms with van der Waals surface area (Å²) in [6, 6.07) is 6.31. The van der Waals surface area contributed by atoms with Crippen molar-refractivity contribution in [1.29, 1.82) is 0 Å². The van der Waals surface area contributed by atoms with Crippen LogP contribution < -0.4 is 4.90 Å². The van der Waals surface area contributed by atoms with Crippen molar-refractivity contribution in [3.63, 3.8) is 0 Å². The number of carbonyl (C=O) groups excluding carboxylic acids is 1. The lowest BCUT2D eigenvalue weighted by atomic mass is 10.1. The monoisotopic (exact) mass is 394 g/mol. The molecular formula is C21H26N6O2. The topological polar surface area (TPSA) is 76.4 Å². The summed E-state index contributed by atoms with van der Waals surface area (Å²) in [5.74, 6) is 1.61.